The predicted molar refractivity (Wildman–Crippen MR) is 153 cm³/mol. The molecule has 1 aromatic carbocycles. The van der Waals surface area contributed by atoms with Gasteiger partial charge in [-0.1, -0.05) is 73.9 Å². The quantitative estimate of drug-likeness (QED) is 0.229. The second-order valence-corrected chi connectivity index (χ2v) is 13.5. The Bertz CT molecular complexity index is 1090. The van der Waals surface area contributed by atoms with E-state index in [4.69, 9.17) is 4.74 Å². The Hall–Kier alpha value is -2.09. The van der Waals surface area contributed by atoms with Crippen LogP contribution in [-0.2, 0) is 4.74 Å². The first kappa shape index (κ1) is 26.5. The molecule has 0 amide bonds. The van der Waals surface area contributed by atoms with E-state index in [9.17, 15) is 4.79 Å². The summed E-state index contributed by atoms with van der Waals surface area (Å²) in [6.07, 6.45) is 17.4. The lowest BCUT2D eigenvalue weighted by atomic mass is 9.47. The van der Waals surface area contributed by atoms with E-state index in [1.807, 2.05) is 35.9 Å². The summed E-state index contributed by atoms with van der Waals surface area (Å²) in [5, 5.41) is 0. The van der Waals surface area contributed by atoms with Gasteiger partial charge in [-0.2, -0.15) is 0 Å². The Balaban J connectivity index is 1.29. The number of esters is 1. The number of fused-ring (bicyclic) bond motifs is 5. The Morgan fingerprint density at radius 2 is 1.68 bits per heavy atom. The summed E-state index contributed by atoms with van der Waals surface area (Å²) in [7, 11) is 0. The zero-order chi connectivity index (χ0) is 26.4. The maximum atomic E-state index is 12.7. The van der Waals surface area contributed by atoms with Crippen LogP contribution in [0.2, 0.25) is 0 Å². The Morgan fingerprint density at radius 3 is 2.41 bits per heavy atom. The molecule has 37 heavy (non-hydrogen) atoms. The van der Waals surface area contributed by atoms with E-state index >= 15 is 0 Å². The van der Waals surface area contributed by atoms with Crippen molar-refractivity contribution in [3.8, 4) is 0 Å². The molecular formula is C35H48O2. The highest BCUT2D eigenvalue weighted by molar-refractivity contribution is 5.89. The molecule has 3 saturated carbocycles. The standard InChI is InChI=1S/C35H48O2/c1-23(2)24(3)12-13-25(4)30-16-17-31-29-15-14-27-22-28(37-33(36)26-10-8-7-9-11-26)18-20-34(27,5)32(29)19-21-35(30,31)6/h7-13,15,25,27-28,30-32H,14,16-22H2,1-6H3. The van der Waals surface area contributed by atoms with Gasteiger partial charge in [-0.3, -0.25) is 0 Å². The molecule has 0 N–H and O–H groups in total. The van der Waals surface area contributed by atoms with Crippen LogP contribution in [0.5, 0.6) is 0 Å². The first-order valence-electron chi connectivity index (χ1n) is 14.9. The predicted octanol–water partition coefficient (Wildman–Crippen LogP) is 9.34. The fourth-order valence-corrected chi connectivity index (χ4v) is 8.88. The first-order valence-corrected chi connectivity index (χ1v) is 14.9. The molecule has 8 atom stereocenters. The van der Waals surface area contributed by atoms with Gasteiger partial charge in [-0.15, -0.1) is 0 Å². The summed E-state index contributed by atoms with van der Waals surface area (Å²) < 4.78 is 6.02. The minimum atomic E-state index is -0.158. The van der Waals surface area contributed by atoms with E-state index < -0.39 is 0 Å². The fraction of sp³-hybridized carbons (Fsp3) is 0.629. The van der Waals surface area contributed by atoms with Crippen LogP contribution in [-0.4, -0.2) is 12.1 Å². The van der Waals surface area contributed by atoms with Crippen molar-refractivity contribution in [2.24, 2.45) is 40.4 Å². The molecule has 0 bridgehead atoms. The number of allylic oxidation sites excluding steroid dienone is 6. The number of hydrogen-bond acceptors (Lipinski definition) is 2. The van der Waals surface area contributed by atoms with Gasteiger partial charge in [0.25, 0.3) is 0 Å². The molecule has 0 aliphatic heterocycles. The van der Waals surface area contributed by atoms with Crippen molar-refractivity contribution in [3.05, 3.63) is 70.8 Å². The number of ether oxygens (including phenoxy) is 1. The van der Waals surface area contributed by atoms with Gasteiger partial charge < -0.3 is 4.74 Å². The smallest absolute Gasteiger partial charge is 0.338 e. The summed E-state index contributed by atoms with van der Waals surface area (Å²) in [4.78, 5) is 12.7. The molecular weight excluding hydrogens is 452 g/mol. The van der Waals surface area contributed by atoms with Crippen molar-refractivity contribution >= 4 is 5.97 Å². The van der Waals surface area contributed by atoms with Crippen molar-refractivity contribution in [1.82, 2.24) is 0 Å². The first-order chi connectivity index (χ1) is 17.6. The van der Waals surface area contributed by atoms with Crippen LogP contribution in [0.1, 0.15) is 103 Å². The zero-order valence-corrected chi connectivity index (χ0v) is 24.1. The second kappa shape index (κ2) is 10.2. The average Bonchev–Trinajstić information content (AvgIpc) is 3.25. The van der Waals surface area contributed by atoms with Crippen LogP contribution in [0.25, 0.3) is 0 Å². The zero-order valence-electron chi connectivity index (χ0n) is 24.1. The molecule has 200 valence electrons. The van der Waals surface area contributed by atoms with E-state index in [0.29, 0.717) is 34.1 Å². The van der Waals surface area contributed by atoms with Crippen LogP contribution in [0.15, 0.2) is 65.3 Å². The molecule has 0 spiro atoms. The van der Waals surface area contributed by atoms with Crippen molar-refractivity contribution < 1.29 is 9.53 Å². The summed E-state index contributed by atoms with van der Waals surface area (Å²) >= 11 is 0. The van der Waals surface area contributed by atoms with Gasteiger partial charge in [-0.05, 0) is 125 Å². The van der Waals surface area contributed by atoms with Gasteiger partial charge in [0, 0.05) is 0 Å². The molecule has 0 radical (unpaired) electrons. The average molecular weight is 501 g/mol. The molecule has 4 aliphatic rings. The molecule has 1 aromatic rings. The monoisotopic (exact) mass is 500 g/mol. The van der Waals surface area contributed by atoms with Crippen LogP contribution in [0.3, 0.4) is 0 Å². The maximum Gasteiger partial charge on any atom is 0.338 e. The molecule has 0 heterocycles. The number of hydrogen-bond donors (Lipinski definition) is 0. The highest BCUT2D eigenvalue weighted by Crippen LogP contribution is 2.66. The third kappa shape index (κ3) is 4.79. The van der Waals surface area contributed by atoms with E-state index in [1.54, 1.807) is 0 Å². The molecule has 2 heteroatoms. The Kier molecular flexibility index (Phi) is 7.33. The molecule has 5 rings (SSSR count). The molecule has 0 aromatic heterocycles. The second-order valence-electron chi connectivity index (χ2n) is 13.5. The summed E-state index contributed by atoms with van der Waals surface area (Å²) in [6, 6.07) is 9.48. The van der Waals surface area contributed by atoms with Crippen molar-refractivity contribution in [2.75, 3.05) is 0 Å². The highest BCUT2D eigenvalue weighted by atomic mass is 16.5. The number of carbonyl (C=O) groups excluding carboxylic acids is 1. The van der Waals surface area contributed by atoms with Gasteiger partial charge in [0.15, 0.2) is 0 Å². The van der Waals surface area contributed by atoms with Crippen LogP contribution < -0.4 is 0 Å². The molecule has 0 saturated heterocycles. The van der Waals surface area contributed by atoms with Crippen molar-refractivity contribution in [3.63, 3.8) is 0 Å². The third-order valence-corrected chi connectivity index (χ3v) is 11.5. The van der Waals surface area contributed by atoms with Crippen LogP contribution in [0.4, 0.5) is 0 Å². The van der Waals surface area contributed by atoms with E-state index in [1.165, 1.54) is 43.3 Å². The van der Waals surface area contributed by atoms with E-state index in [-0.39, 0.29) is 12.1 Å². The minimum absolute atomic E-state index is 0.0577. The third-order valence-electron chi connectivity index (χ3n) is 11.5. The SMILES string of the molecule is CC(C)=C(C)C=CC(C)C1CCC2C3=CCC4CC(OC(=O)c5ccccc5)CCC4(C)C3CCC21C. The maximum absolute atomic E-state index is 12.7. The summed E-state index contributed by atoms with van der Waals surface area (Å²) in [6.45, 7) is 14.3. The van der Waals surface area contributed by atoms with Crippen LogP contribution in [0, 0.1) is 40.4 Å². The lowest BCUT2D eigenvalue weighted by Crippen LogP contribution is -2.50. The van der Waals surface area contributed by atoms with Gasteiger partial charge in [-0.25, -0.2) is 4.79 Å². The topological polar surface area (TPSA) is 26.3 Å². The van der Waals surface area contributed by atoms with Crippen molar-refractivity contribution in [2.45, 2.75) is 99.0 Å². The molecule has 4 aliphatic carbocycles. The van der Waals surface area contributed by atoms with Gasteiger partial charge >= 0.3 is 5.97 Å². The van der Waals surface area contributed by atoms with E-state index in [2.05, 4.69) is 59.8 Å². The normalized spacial score (nSPS) is 37.7. The van der Waals surface area contributed by atoms with Gasteiger partial charge in [0.2, 0.25) is 0 Å². The molecule has 2 nitrogen and oxygen atoms in total. The lowest BCUT2D eigenvalue weighted by molar-refractivity contribution is -0.0514. The van der Waals surface area contributed by atoms with Gasteiger partial charge in [0.05, 0.1) is 5.56 Å². The number of benzene rings is 1. The van der Waals surface area contributed by atoms with Crippen LogP contribution >= 0.6 is 0 Å². The van der Waals surface area contributed by atoms with Crippen molar-refractivity contribution in [1.29, 1.82) is 0 Å². The fourth-order valence-electron chi connectivity index (χ4n) is 8.88. The summed E-state index contributed by atoms with van der Waals surface area (Å²) in [5.41, 5.74) is 6.09. The Labute approximate surface area is 225 Å². The van der Waals surface area contributed by atoms with Gasteiger partial charge in [0.1, 0.15) is 6.10 Å². The summed E-state index contributed by atoms with van der Waals surface area (Å²) in [5.74, 6) is 3.34. The molecule has 8 unspecified atom stereocenters. The lowest BCUT2D eigenvalue weighted by Gasteiger charge is -2.58. The molecule has 3 fully saturated rings. The number of rotatable bonds is 5. The largest absolute Gasteiger partial charge is 0.459 e. The minimum Gasteiger partial charge on any atom is -0.459 e. The number of carbonyl (C=O) groups is 1. The van der Waals surface area contributed by atoms with E-state index in [0.717, 1.165) is 31.1 Å². The Morgan fingerprint density at radius 1 is 0.973 bits per heavy atom. The highest BCUT2D eigenvalue weighted by Gasteiger charge is 2.58.